The summed E-state index contributed by atoms with van der Waals surface area (Å²) < 4.78 is 11.2. The van der Waals surface area contributed by atoms with E-state index in [2.05, 4.69) is 34.7 Å². The number of fused-ring (bicyclic) bond motifs is 2. The van der Waals surface area contributed by atoms with Crippen LogP contribution in [0.4, 0.5) is 0 Å². The molecular weight excluding hydrogens is 405 g/mol. The minimum Gasteiger partial charge on any atom is -0.496 e. The van der Waals surface area contributed by atoms with E-state index in [9.17, 15) is 0 Å². The zero-order chi connectivity index (χ0) is 15.5. The summed E-state index contributed by atoms with van der Waals surface area (Å²) in [7, 11) is 3.51. The first-order valence-corrected chi connectivity index (χ1v) is 7.95. The molecular formula is C17H26IN3O2. The third-order valence-electron chi connectivity index (χ3n) is 4.57. The molecule has 0 amide bonds. The second kappa shape index (κ2) is 8.19. The van der Waals surface area contributed by atoms with Crippen LogP contribution < -0.4 is 15.4 Å². The summed E-state index contributed by atoms with van der Waals surface area (Å²) in [5.74, 6) is 1.76. The Morgan fingerprint density at radius 3 is 2.78 bits per heavy atom. The van der Waals surface area contributed by atoms with Crippen molar-refractivity contribution in [1.82, 2.24) is 10.6 Å². The number of hydrogen-bond donors (Lipinski definition) is 2. The Labute approximate surface area is 155 Å². The van der Waals surface area contributed by atoms with Gasteiger partial charge in [-0.05, 0) is 43.4 Å². The summed E-state index contributed by atoms with van der Waals surface area (Å²) in [5, 5.41) is 6.87. The second-order valence-electron chi connectivity index (χ2n) is 6.09. The molecule has 3 atom stereocenters. The van der Waals surface area contributed by atoms with Crippen LogP contribution in [0.3, 0.4) is 0 Å². The number of rotatable bonds is 4. The first-order valence-electron chi connectivity index (χ1n) is 7.95. The van der Waals surface area contributed by atoms with Crippen molar-refractivity contribution in [1.29, 1.82) is 0 Å². The number of ether oxygens (including phenoxy) is 2. The van der Waals surface area contributed by atoms with Gasteiger partial charge in [0.1, 0.15) is 5.75 Å². The molecule has 0 aliphatic carbocycles. The van der Waals surface area contributed by atoms with E-state index in [0.29, 0.717) is 18.2 Å². The minimum atomic E-state index is 0. The molecule has 0 saturated carbocycles. The molecule has 3 rings (SSSR count). The topological polar surface area (TPSA) is 54.9 Å². The number of hydrogen-bond acceptors (Lipinski definition) is 3. The quantitative estimate of drug-likeness (QED) is 0.437. The monoisotopic (exact) mass is 431 g/mol. The zero-order valence-corrected chi connectivity index (χ0v) is 16.3. The van der Waals surface area contributed by atoms with Gasteiger partial charge in [0.15, 0.2) is 5.96 Å². The Bertz CT molecular complexity index is 565. The standard InChI is InChI=1S/C17H25N3O2.HI/c1-11-8-12(4-6-15(11)21-3)10-19-17(18-2)20-14-9-13-5-7-16(14)22-13;/h4,6,8,13-14,16H,5,7,9-10H2,1-3H3,(H2,18,19,20);1H. The fourth-order valence-electron chi connectivity index (χ4n) is 3.40. The van der Waals surface area contributed by atoms with Crippen molar-refractivity contribution in [3.05, 3.63) is 29.3 Å². The summed E-state index contributed by atoms with van der Waals surface area (Å²) in [5.41, 5.74) is 2.36. The number of methoxy groups -OCH3 is 1. The fourth-order valence-corrected chi connectivity index (χ4v) is 3.40. The van der Waals surface area contributed by atoms with Gasteiger partial charge < -0.3 is 20.1 Å². The SMILES string of the molecule is CN=C(NCc1ccc(OC)c(C)c1)NC1CC2CCC1O2.I. The van der Waals surface area contributed by atoms with Gasteiger partial charge in [-0.25, -0.2) is 0 Å². The Kier molecular flexibility index (Phi) is 6.52. The van der Waals surface area contributed by atoms with Gasteiger partial charge >= 0.3 is 0 Å². The highest BCUT2D eigenvalue weighted by Crippen LogP contribution is 2.34. The number of guanidine groups is 1. The number of aryl methyl sites for hydroxylation is 1. The van der Waals surface area contributed by atoms with Gasteiger partial charge in [0.05, 0.1) is 25.4 Å². The highest BCUT2D eigenvalue weighted by atomic mass is 127. The van der Waals surface area contributed by atoms with Crippen LogP contribution in [0.15, 0.2) is 23.2 Å². The van der Waals surface area contributed by atoms with Crippen LogP contribution in [0.1, 0.15) is 30.4 Å². The number of benzene rings is 1. The first kappa shape index (κ1) is 18.3. The highest BCUT2D eigenvalue weighted by Gasteiger charge is 2.41. The molecule has 6 heteroatoms. The summed E-state index contributed by atoms with van der Waals surface area (Å²) in [6.45, 7) is 2.80. The molecule has 2 bridgehead atoms. The van der Waals surface area contributed by atoms with E-state index in [1.54, 1.807) is 7.11 Å². The van der Waals surface area contributed by atoms with Crippen molar-refractivity contribution in [3.8, 4) is 5.75 Å². The van der Waals surface area contributed by atoms with Gasteiger partial charge in [-0.2, -0.15) is 0 Å². The number of nitrogens with one attached hydrogen (secondary N) is 2. The van der Waals surface area contributed by atoms with Crippen molar-refractivity contribution in [2.45, 2.75) is 51.0 Å². The molecule has 2 saturated heterocycles. The van der Waals surface area contributed by atoms with Gasteiger partial charge in [0, 0.05) is 13.6 Å². The smallest absolute Gasteiger partial charge is 0.191 e. The maximum atomic E-state index is 5.88. The van der Waals surface area contributed by atoms with Crippen molar-refractivity contribution in [2.75, 3.05) is 14.2 Å². The van der Waals surface area contributed by atoms with Crippen LogP contribution in [0.2, 0.25) is 0 Å². The molecule has 2 fully saturated rings. The molecule has 5 nitrogen and oxygen atoms in total. The van der Waals surface area contributed by atoms with Gasteiger partial charge in [-0.1, -0.05) is 12.1 Å². The van der Waals surface area contributed by atoms with E-state index in [-0.39, 0.29) is 24.0 Å². The van der Waals surface area contributed by atoms with E-state index in [0.717, 1.165) is 36.7 Å². The molecule has 0 spiro atoms. The van der Waals surface area contributed by atoms with Crippen molar-refractivity contribution in [2.24, 2.45) is 4.99 Å². The van der Waals surface area contributed by atoms with Crippen LogP contribution in [-0.2, 0) is 11.3 Å². The summed E-state index contributed by atoms with van der Waals surface area (Å²) in [6, 6.07) is 6.61. The van der Waals surface area contributed by atoms with Gasteiger partial charge in [0.25, 0.3) is 0 Å². The summed E-state index contributed by atoms with van der Waals surface area (Å²) >= 11 is 0. The molecule has 3 unspecified atom stereocenters. The molecule has 1 aromatic rings. The van der Waals surface area contributed by atoms with Gasteiger partial charge in [0.2, 0.25) is 0 Å². The summed E-state index contributed by atoms with van der Waals surface area (Å²) in [6.07, 6.45) is 4.26. The molecule has 2 aliphatic rings. The lowest BCUT2D eigenvalue weighted by Crippen LogP contribution is -2.47. The predicted octanol–water partition coefficient (Wildman–Crippen LogP) is 2.61. The highest BCUT2D eigenvalue weighted by molar-refractivity contribution is 14.0. The van der Waals surface area contributed by atoms with E-state index in [1.165, 1.54) is 12.0 Å². The third-order valence-corrected chi connectivity index (χ3v) is 4.57. The molecule has 2 aliphatic heterocycles. The molecule has 2 heterocycles. The van der Waals surface area contributed by atoms with Crippen molar-refractivity contribution >= 4 is 29.9 Å². The Balaban J connectivity index is 0.00000192. The van der Waals surface area contributed by atoms with Gasteiger partial charge in [-0.3, -0.25) is 4.99 Å². The Hall–Kier alpha value is -1.02. The van der Waals surface area contributed by atoms with Crippen LogP contribution in [0.25, 0.3) is 0 Å². The molecule has 0 radical (unpaired) electrons. The van der Waals surface area contributed by atoms with Crippen molar-refractivity contribution in [3.63, 3.8) is 0 Å². The lowest BCUT2D eigenvalue weighted by Gasteiger charge is -2.22. The van der Waals surface area contributed by atoms with E-state index in [4.69, 9.17) is 9.47 Å². The first-order chi connectivity index (χ1) is 10.7. The predicted molar refractivity (Wildman–Crippen MR) is 103 cm³/mol. The van der Waals surface area contributed by atoms with Crippen LogP contribution >= 0.6 is 24.0 Å². The van der Waals surface area contributed by atoms with Crippen LogP contribution in [-0.4, -0.2) is 38.4 Å². The Morgan fingerprint density at radius 2 is 2.22 bits per heavy atom. The number of halogens is 1. The lowest BCUT2D eigenvalue weighted by molar-refractivity contribution is 0.0992. The maximum Gasteiger partial charge on any atom is 0.191 e. The molecule has 2 N–H and O–H groups in total. The fraction of sp³-hybridized carbons (Fsp3) is 0.588. The normalized spacial score (nSPS) is 25.9. The number of aliphatic imine (C=N–C) groups is 1. The maximum absolute atomic E-state index is 5.88. The second-order valence-corrected chi connectivity index (χ2v) is 6.09. The van der Waals surface area contributed by atoms with E-state index < -0.39 is 0 Å². The molecule has 0 aromatic heterocycles. The summed E-state index contributed by atoms with van der Waals surface area (Å²) in [4.78, 5) is 4.32. The molecule has 128 valence electrons. The van der Waals surface area contributed by atoms with Crippen LogP contribution in [0.5, 0.6) is 5.75 Å². The van der Waals surface area contributed by atoms with Crippen LogP contribution in [0, 0.1) is 6.92 Å². The Morgan fingerprint density at radius 1 is 1.39 bits per heavy atom. The minimum absolute atomic E-state index is 0. The molecule has 23 heavy (non-hydrogen) atoms. The molecule has 1 aromatic carbocycles. The van der Waals surface area contributed by atoms with Gasteiger partial charge in [-0.15, -0.1) is 24.0 Å². The van der Waals surface area contributed by atoms with Crippen molar-refractivity contribution < 1.29 is 9.47 Å². The lowest BCUT2D eigenvalue weighted by atomic mass is 9.96. The average molecular weight is 431 g/mol. The largest absolute Gasteiger partial charge is 0.496 e. The van der Waals surface area contributed by atoms with E-state index in [1.807, 2.05) is 13.1 Å². The third kappa shape index (κ3) is 4.29. The average Bonchev–Trinajstić information content (AvgIpc) is 3.14. The zero-order valence-electron chi connectivity index (χ0n) is 14.0. The van der Waals surface area contributed by atoms with E-state index >= 15 is 0 Å². The number of nitrogens with zero attached hydrogens (tertiary/aromatic N) is 1.